The van der Waals surface area contributed by atoms with Gasteiger partial charge in [0.25, 0.3) is 0 Å². The number of carbonyl (C=O) groups is 2. The first-order valence-electron chi connectivity index (χ1n) is 7.44. The third kappa shape index (κ3) is 3.47. The molecule has 0 unspecified atom stereocenters. The zero-order valence-electron chi connectivity index (χ0n) is 11.6. The van der Waals surface area contributed by atoms with E-state index in [9.17, 15) is 9.59 Å². The Morgan fingerprint density at radius 3 is 2.26 bits per heavy atom. The van der Waals surface area contributed by atoms with Crippen LogP contribution in [0.5, 0.6) is 0 Å². The Kier molecular flexibility index (Phi) is 4.80. The van der Waals surface area contributed by atoms with Crippen LogP contribution in [0.3, 0.4) is 0 Å². The molecule has 1 heterocycles. The van der Waals surface area contributed by atoms with Gasteiger partial charge in [0.15, 0.2) is 0 Å². The van der Waals surface area contributed by atoms with E-state index in [2.05, 4.69) is 5.32 Å². The van der Waals surface area contributed by atoms with E-state index in [0.717, 1.165) is 25.9 Å². The lowest BCUT2D eigenvalue weighted by atomic mass is 9.68. The number of nitrogens with two attached hydrogens (primary N) is 1. The van der Waals surface area contributed by atoms with E-state index in [0.29, 0.717) is 18.5 Å². The van der Waals surface area contributed by atoms with Crippen molar-refractivity contribution < 1.29 is 9.59 Å². The molecule has 1 aliphatic carbocycles. The van der Waals surface area contributed by atoms with Crippen molar-refractivity contribution in [2.75, 3.05) is 26.2 Å². The van der Waals surface area contributed by atoms with Gasteiger partial charge in [0.1, 0.15) is 0 Å². The molecule has 1 saturated carbocycles. The summed E-state index contributed by atoms with van der Waals surface area (Å²) in [5.41, 5.74) is 5.77. The second kappa shape index (κ2) is 6.37. The number of hydrogen-bond acceptors (Lipinski definition) is 3. The molecular weight excluding hydrogens is 242 g/mol. The van der Waals surface area contributed by atoms with Crippen LogP contribution in [0.2, 0.25) is 0 Å². The van der Waals surface area contributed by atoms with Crippen LogP contribution in [0.4, 0.5) is 0 Å². The quantitative estimate of drug-likeness (QED) is 0.721. The zero-order valence-corrected chi connectivity index (χ0v) is 11.6. The van der Waals surface area contributed by atoms with Crippen LogP contribution in [0.15, 0.2) is 0 Å². The maximum absolute atomic E-state index is 11.9. The molecule has 3 N–H and O–H groups in total. The highest BCUT2D eigenvalue weighted by atomic mass is 16.2. The van der Waals surface area contributed by atoms with Gasteiger partial charge < -0.3 is 16.0 Å². The predicted molar refractivity (Wildman–Crippen MR) is 73.4 cm³/mol. The highest BCUT2D eigenvalue weighted by Gasteiger charge is 2.37. The number of carbonyl (C=O) groups excluding carboxylic acids is 2. The van der Waals surface area contributed by atoms with E-state index in [-0.39, 0.29) is 5.91 Å². The molecule has 19 heavy (non-hydrogen) atoms. The Hall–Kier alpha value is -1.10. The van der Waals surface area contributed by atoms with Gasteiger partial charge in [-0.05, 0) is 31.1 Å². The van der Waals surface area contributed by atoms with Crippen LogP contribution in [0.1, 0.15) is 44.9 Å². The van der Waals surface area contributed by atoms with E-state index >= 15 is 0 Å². The van der Waals surface area contributed by atoms with Crippen molar-refractivity contribution in [3.63, 3.8) is 0 Å². The van der Waals surface area contributed by atoms with E-state index < -0.39 is 5.91 Å². The maximum atomic E-state index is 11.9. The Morgan fingerprint density at radius 1 is 1.05 bits per heavy atom. The lowest BCUT2D eigenvalue weighted by molar-refractivity contribution is -0.147. The molecule has 0 atom stereocenters. The Morgan fingerprint density at radius 2 is 1.68 bits per heavy atom. The van der Waals surface area contributed by atoms with Crippen molar-refractivity contribution in [1.29, 1.82) is 0 Å². The van der Waals surface area contributed by atoms with Crippen molar-refractivity contribution in [3.05, 3.63) is 0 Å². The van der Waals surface area contributed by atoms with Gasteiger partial charge in [-0.15, -0.1) is 0 Å². The summed E-state index contributed by atoms with van der Waals surface area (Å²) in [5, 5.41) is 2.55. The second-order valence-corrected chi connectivity index (χ2v) is 5.90. The molecule has 0 radical (unpaired) electrons. The summed E-state index contributed by atoms with van der Waals surface area (Å²) >= 11 is 0. The first kappa shape index (κ1) is 14.3. The lowest BCUT2D eigenvalue weighted by Crippen LogP contribution is -2.49. The molecule has 0 aromatic carbocycles. The first-order valence-corrected chi connectivity index (χ1v) is 7.44. The van der Waals surface area contributed by atoms with Crippen LogP contribution >= 0.6 is 0 Å². The molecule has 0 bridgehead atoms. The molecule has 1 aliphatic heterocycles. The summed E-state index contributed by atoms with van der Waals surface area (Å²) in [6.45, 7) is 2.19. The predicted octanol–water partition coefficient (Wildman–Crippen LogP) is 0.634. The van der Waals surface area contributed by atoms with Crippen LogP contribution in [-0.2, 0) is 9.59 Å². The molecule has 2 aliphatic rings. The van der Waals surface area contributed by atoms with Crippen molar-refractivity contribution in [1.82, 2.24) is 10.2 Å². The largest absolute Gasteiger partial charge is 0.347 e. The van der Waals surface area contributed by atoms with E-state index in [1.165, 1.54) is 32.1 Å². The fourth-order valence-corrected chi connectivity index (χ4v) is 3.39. The molecule has 5 nitrogen and oxygen atoms in total. The normalized spacial score (nSPS) is 22.3. The number of nitrogens with one attached hydrogen (secondary N) is 1. The number of likely N-dealkylation sites (tertiary alicyclic amines) is 1. The lowest BCUT2D eigenvalue weighted by Gasteiger charge is -2.44. The van der Waals surface area contributed by atoms with Crippen molar-refractivity contribution in [3.8, 4) is 0 Å². The monoisotopic (exact) mass is 267 g/mol. The van der Waals surface area contributed by atoms with E-state index in [4.69, 9.17) is 5.73 Å². The molecular formula is C14H25N3O2. The third-order valence-corrected chi connectivity index (χ3v) is 4.65. The molecule has 2 fully saturated rings. The molecule has 1 saturated heterocycles. The summed E-state index contributed by atoms with van der Waals surface area (Å²) in [5.74, 6) is -0.899. The van der Waals surface area contributed by atoms with Gasteiger partial charge in [-0.2, -0.15) is 0 Å². The van der Waals surface area contributed by atoms with Crippen molar-refractivity contribution in [2.45, 2.75) is 44.9 Å². The minimum atomic E-state index is -0.509. The first-order chi connectivity index (χ1) is 9.17. The average molecular weight is 267 g/mol. The van der Waals surface area contributed by atoms with Gasteiger partial charge in [-0.3, -0.25) is 9.59 Å². The average Bonchev–Trinajstić information content (AvgIpc) is 2.46. The SMILES string of the molecule is NCCNC(=O)C(=O)N1CCC2(CCCCC2)CC1. The number of piperidine rings is 1. The Labute approximate surface area is 114 Å². The van der Waals surface area contributed by atoms with E-state index in [1.807, 2.05) is 0 Å². The fraction of sp³-hybridized carbons (Fsp3) is 0.857. The summed E-state index contributed by atoms with van der Waals surface area (Å²) in [7, 11) is 0. The van der Waals surface area contributed by atoms with Crippen molar-refractivity contribution in [2.24, 2.45) is 11.1 Å². The van der Waals surface area contributed by atoms with Crippen LogP contribution in [-0.4, -0.2) is 42.9 Å². The smallest absolute Gasteiger partial charge is 0.311 e. The van der Waals surface area contributed by atoms with Gasteiger partial charge in [0, 0.05) is 26.2 Å². The van der Waals surface area contributed by atoms with Gasteiger partial charge in [0.05, 0.1) is 0 Å². The minimum Gasteiger partial charge on any atom is -0.347 e. The molecule has 0 aromatic heterocycles. The highest BCUT2D eigenvalue weighted by molar-refractivity contribution is 6.35. The molecule has 2 rings (SSSR count). The number of amides is 2. The Bertz CT molecular complexity index is 328. The summed E-state index contributed by atoms with van der Waals surface area (Å²) in [4.78, 5) is 25.3. The second-order valence-electron chi connectivity index (χ2n) is 5.90. The van der Waals surface area contributed by atoms with Gasteiger partial charge in [0.2, 0.25) is 0 Å². The zero-order chi connectivity index (χ0) is 13.7. The molecule has 0 aromatic rings. The maximum Gasteiger partial charge on any atom is 0.311 e. The molecule has 2 amide bonds. The third-order valence-electron chi connectivity index (χ3n) is 4.65. The summed E-state index contributed by atoms with van der Waals surface area (Å²) in [6, 6.07) is 0. The van der Waals surface area contributed by atoms with Gasteiger partial charge in [-0.1, -0.05) is 19.3 Å². The number of rotatable bonds is 2. The number of nitrogens with zero attached hydrogens (tertiary/aromatic N) is 1. The number of hydrogen-bond donors (Lipinski definition) is 2. The Balaban J connectivity index is 1.82. The van der Waals surface area contributed by atoms with Gasteiger partial charge in [-0.25, -0.2) is 0 Å². The highest BCUT2D eigenvalue weighted by Crippen LogP contribution is 2.44. The standard InChI is InChI=1S/C14H25N3O2/c15-8-9-16-12(18)13(19)17-10-6-14(7-11-17)4-2-1-3-5-14/h1-11,15H2,(H,16,18). The topological polar surface area (TPSA) is 75.4 Å². The summed E-state index contributed by atoms with van der Waals surface area (Å²) < 4.78 is 0. The van der Waals surface area contributed by atoms with Crippen LogP contribution in [0, 0.1) is 5.41 Å². The van der Waals surface area contributed by atoms with Gasteiger partial charge >= 0.3 is 11.8 Å². The fourth-order valence-electron chi connectivity index (χ4n) is 3.39. The molecule has 108 valence electrons. The minimum absolute atomic E-state index is 0.363. The molecule has 1 spiro atoms. The van der Waals surface area contributed by atoms with Crippen LogP contribution in [0.25, 0.3) is 0 Å². The van der Waals surface area contributed by atoms with Crippen molar-refractivity contribution >= 4 is 11.8 Å². The van der Waals surface area contributed by atoms with Crippen LogP contribution < -0.4 is 11.1 Å². The summed E-state index contributed by atoms with van der Waals surface area (Å²) in [6.07, 6.45) is 8.72. The van der Waals surface area contributed by atoms with E-state index in [1.54, 1.807) is 4.90 Å². The molecule has 5 heteroatoms.